The Kier molecular flexibility index (Phi) is 5.89. The number of nitrogens with one attached hydrogen (secondary N) is 2. The summed E-state index contributed by atoms with van der Waals surface area (Å²) in [6, 6.07) is 2.87. The number of rotatable bonds is 3. The number of benzene rings is 1. The summed E-state index contributed by atoms with van der Waals surface area (Å²) >= 11 is 0. The molecule has 0 spiro atoms. The first-order valence-electron chi connectivity index (χ1n) is 8.80. The van der Waals surface area contributed by atoms with Crippen LogP contribution in [0.2, 0.25) is 0 Å². The van der Waals surface area contributed by atoms with Gasteiger partial charge in [-0.1, -0.05) is 6.07 Å². The molecular weight excluding hydrogens is 434 g/mol. The standard InChI is InChI=1S/C17H17F4N3O5S/c1-9-8-22-6-3-7-24(9)30(27,28)11-5-2-4-10-12(11)13(18)15(23-14(10)25)29-16(26)17(19,20)21/h2,4-5,9,22H,3,6-8H2,1H3,(H,23,25)/t9-/m1/s1. The molecular formula is C17H17F4N3O5S. The molecule has 164 valence electrons. The molecule has 1 aliphatic rings. The molecule has 0 unspecified atom stereocenters. The zero-order valence-corrected chi connectivity index (χ0v) is 16.4. The second-order valence-electron chi connectivity index (χ2n) is 6.69. The highest BCUT2D eigenvalue weighted by Gasteiger charge is 2.42. The Morgan fingerprint density at radius 1 is 1.30 bits per heavy atom. The number of sulfonamides is 1. The Balaban J connectivity index is 2.21. The SMILES string of the molecule is C[C@@H]1CNCCCN1S(=O)(=O)c1cccc2c(=O)[nH]c(OC(=O)C(F)(F)F)c(F)c12. The van der Waals surface area contributed by atoms with Crippen LogP contribution >= 0.6 is 0 Å². The van der Waals surface area contributed by atoms with E-state index in [1.165, 1.54) is 6.07 Å². The molecule has 1 fully saturated rings. The van der Waals surface area contributed by atoms with Gasteiger partial charge >= 0.3 is 12.1 Å². The summed E-state index contributed by atoms with van der Waals surface area (Å²) in [7, 11) is -4.34. The topological polar surface area (TPSA) is 109 Å². The second kappa shape index (κ2) is 7.96. The number of hydrogen-bond donors (Lipinski definition) is 2. The first-order chi connectivity index (χ1) is 13.9. The number of ether oxygens (including phenoxy) is 1. The minimum absolute atomic E-state index is 0.119. The average Bonchev–Trinajstić information content (AvgIpc) is 2.89. The molecule has 1 atom stereocenters. The van der Waals surface area contributed by atoms with Crippen LogP contribution < -0.4 is 15.6 Å². The van der Waals surface area contributed by atoms with Gasteiger partial charge in [-0.05, 0) is 32.0 Å². The van der Waals surface area contributed by atoms with Crippen molar-refractivity contribution in [3.63, 3.8) is 0 Å². The van der Waals surface area contributed by atoms with E-state index in [0.29, 0.717) is 19.5 Å². The van der Waals surface area contributed by atoms with Gasteiger partial charge in [0.2, 0.25) is 15.9 Å². The fourth-order valence-corrected chi connectivity index (χ4v) is 5.08. The van der Waals surface area contributed by atoms with Gasteiger partial charge in [0.05, 0.1) is 10.3 Å². The number of halogens is 4. The van der Waals surface area contributed by atoms with Gasteiger partial charge in [-0.2, -0.15) is 17.5 Å². The smallest absolute Gasteiger partial charge is 0.399 e. The molecule has 13 heteroatoms. The molecule has 30 heavy (non-hydrogen) atoms. The Labute approximate surface area is 167 Å². The number of aromatic nitrogens is 1. The second-order valence-corrected chi connectivity index (χ2v) is 8.54. The molecule has 1 saturated heterocycles. The fourth-order valence-electron chi connectivity index (χ4n) is 3.20. The van der Waals surface area contributed by atoms with Gasteiger partial charge in [0.1, 0.15) is 0 Å². The molecule has 2 aromatic rings. The number of H-pyrrole nitrogens is 1. The van der Waals surface area contributed by atoms with Crippen LogP contribution in [0.1, 0.15) is 13.3 Å². The molecule has 2 N–H and O–H groups in total. The summed E-state index contributed by atoms with van der Waals surface area (Å²) in [5.41, 5.74) is -1.11. The molecule has 0 radical (unpaired) electrons. The van der Waals surface area contributed by atoms with Crippen LogP contribution in [0.15, 0.2) is 27.9 Å². The largest absolute Gasteiger partial charge is 0.491 e. The highest BCUT2D eigenvalue weighted by molar-refractivity contribution is 7.89. The maximum absolute atomic E-state index is 15.0. The zero-order valence-electron chi connectivity index (χ0n) is 15.5. The van der Waals surface area contributed by atoms with E-state index >= 15 is 4.39 Å². The average molecular weight is 451 g/mol. The van der Waals surface area contributed by atoms with Crippen molar-refractivity contribution in [2.45, 2.75) is 30.5 Å². The normalized spacial score (nSPS) is 18.9. The third-order valence-electron chi connectivity index (χ3n) is 4.59. The lowest BCUT2D eigenvalue weighted by molar-refractivity contribution is -0.190. The Bertz CT molecular complexity index is 1150. The van der Waals surface area contributed by atoms with E-state index in [9.17, 15) is 31.2 Å². The quantitative estimate of drug-likeness (QED) is 0.541. The number of fused-ring (bicyclic) bond motifs is 1. The maximum Gasteiger partial charge on any atom is 0.491 e. The van der Waals surface area contributed by atoms with Gasteiger partial charge in [0.25, 0.3) is 5.56 Å². The van der Waals surface area contributed by atoms with Crippen LogP contribution in [0, 0.1) is 5.82 Å². The zero-order chi connectivity index (χ0) is 22.3. The molecule has 1 aromatic heterocycles. The highest BCUT2D eigenvalue weighted by Crippen LogP contribution is 2.31. The van der Waals surface area contributed by atoms with Crippen molar-refractivity contribution in [3.05, 3.63) is 34.4 Å². The van der Waals surface area contributed by atoms with Crippen molar-refractivity contribution in [2.24, 2.45) is 0 Å². The van der Waals surface area contributed by atoms with Crippen LogP contribution in [0.3, 0.4) is 0 Å². The van der Waals surface area contributed by atoms with Gasteiger partial charge in [-0.25, -0.2) is 17.6 Å². The van der Waals surface area contributed by atoms with Crippen LogP contribution in [-0.4, -0.2) is 55.5 Å². The van der Waals surface area contributed by atoms with Crippen molar-refractivity contribution < 1.29 is 35.5 Å². The van der Waals surface area contributed by atoms with Crippen molar-refractivity contribution in [2.75, 3.05) is 19.6 Å². The number of hydrogen-bond acceptors (Lipinski definition) is 6. The monoisotopic (exact) mass is 451 g/mol. The van der Waals surface area contributed by atoms with Crippen LogP contribution in [0.4, 0.5) is 17.6 Å². The van der Waals surface area contributed by atoms with Gasteiger partial charge in [-0.3, -0.25) is 9.78 Å². The highest BCUT2D eigenvalue weighted by atomic mass is 32.2. The number of aromatic amines is 1. The van der Waals surface area contributed by atoms with Crippen LogP contribution in [0.5, 0.6) is 5.88 Å². The van der Waals surface area contributed by atoms with E-state index in [2.05, 4.69) is 10.1 Å². The summed E-state index contributed by atoms with van der Waals surface area (Å²) in [6.45, 7) is 2.66. The lowest BCUT2D eigenvalue weighted by Gasteiger charge is -2.26. The first-order valence-corrected chi connectivity index (χ1v) is 10.2. The number of alkyl halides is 3. The maximum atomic E-state index is 15.0. The number of carbonyl (C=O) groups is 1. The third-order valence-corrected chi connectivity index (χ3v) is 6.65. The summed E-state index contributed by atoms with van der Waals surface area (Å²) in [5, 5.41) is 1.88. The summed E-state index contributed by atoms with van der Waals surface area (Å²) in [5.74, 6) is -5.77. The van der Waals surface area contributed by atoms with E-state index in [-0.39, 0.29) is 6.54 Å². The number of pyridine rings is 1. The predicted molar refractivity (Wildman–Crippen MR) is 97.1 cm³/mol. The van der Waals surface area contributed by atoms with Crippen LogP contribution in [0.25, 0.3) is 10.8 Å². The fraction of sp³-hybridized carbons (Fsp3) is 0.412. The van der Waals surface area contributed by atoms with E-state index in [4.69, 9.17) is 0 Å². The van der Waals surface area contributed by atoms with E-state index < -0.39 is 61.1 Å². The number of esters is 1. The minimum atomic E-state index is -5.45. The molecule has 1 aromatic carbocycles. The van der Waals surface area contributed by atoms with Crippen molar-refractivity contribution in [1.82, 2.24) is 14.6 Å². The summed E-state index contributed by atoms with van der Waals surface area (Å²) in [6.07, 6.45) is -4.97. The lowest BCUT2D eigenvalue weighted by Crippen LogP contribution is -2.41. The minimum Gasteiger partial charge on any atom is -0.399 e. The molecule has 0 bridgehead atoms. The summed E-state index contributed by atoms with van der Waals surface area (Å²) in [4.78, 5) is 24.4. The van der Waals surface area contributed by atoms with Gasteiger partial charge < -0.3 is 10.1 Å². The van der Waals surface area contributed by atoms with E-state index in [0.717, 1.165) is 16.4 Å². The molecule has 1 aliphatic heterocycles. The molecule has 3 rings (SSSR count). The first kappa shape index (κ1) is 22.2. The number of nitrogens with zero attached hydrogens (tertiary/aromatic N) is 1. The van der Waals surface area contributed by atoms with Crippen molar-refractivity contribution in [3.8, 4) is 5.88 Å². The third kappa shape index (κ3) is 4.04. The molecule has 0 saturated carbocycles. The Morgan fingerprint density at radius 2 is 2.00 bits per heavy atom. The summed E-state index contributed by atoms with van der Waals surface area (Å²) < 4.78 is 84.0. The van der Waals surface area contributed by atoms with Crippen LogP contribution in [-0.2, 0) is 14.8 Å². The van der Waals surface area contributed by atoms with Gasteiger partial charge in [0.15, 0.2) is 5.82 Å². The van der Waals surface area contributed by atoms with Crippen molar-refractivity contribution >= 4 is 26.8 Å². The molecule has 8 nitrogen and oxygen atoms in total. The number of carbonyl (C=O) groups excluding carboxylic acids is 1. The van der Waals surface area contributed by atoms with Crippen molar-refractivity contribution in [1.29, 1.82) is 0 Å². The Hall–Kier alpha value is -2.51. The van der Waals surface area contributed by atoms with E-state index in [1.807, 2.05) is 0 Å². The predicted octanol–water partition coefficient (Wildman–Crippen LogP) is 1.51. The van der Waals surface area contributed by atoms with E-state index in [1.54, 1.807) is 11.9 Å². The molecule has 0 aliphatic carbocycles. The molecule has 0 amide bonds. The van der Waals surface area contributed by atoms with Gasteiger partial charge in [-0.15, -0.1) is 0 Å². The molecule has 2 heterocycles. The Morgan fingerprint density at radius 3 is 2.67 bits per heavy atom. The van der Waals surface area contributed by atoms with Gasteiger partial charge in [0, 0.05) is 24.5 Å². The lowest BCUT2D eigenvalue weighted by atomic mass is 10.1.